The van der Waals surface area contributed by atoms with Crippen molar-refractivity contribution in [3.05, 3.63) is 46.0 Å². The number of alkyl halides is 3. The molecule has 2 aromatic rings. The molecule has 2 aromatic carbocycles. The van der Waals surface area contributed by atoms with Crippen LogP contribution in [-0.4, -0.2) is 17.9 Å². The summed E-state index contributed by atoms with van der Waals surface area (Å²) in [6, 6.07) is 5.34. The molecule has 1 N–H and O–H groups in total. The van der Waals surface area contributed by atoms with E-state index in [1.165, 1.54) is 12.1 Å². The summed E-state index contributed by atoms with van der Waals surface area (Å²) in [6.45, 7) is 0. The van der Waals surface area contributed by atoms with Gasteiger partial charge in [-0.1, -0.05) is 24.3 Å². The van der Waals surface area contributed by atoms with Crippen molar-refractivity contribution in [2.75, 3.05) is 0 Å². The standard InChI is InChI=1S/C11H6F3NO5S/c12-11(13,14)9-7-4-2-1-3-6(7)5-8(21(18,19)20)10(9)15(16)17/h1-5H,(H,18,19,20). The average molecular weight is 321 g/mol. The van der Waals surface area contributed by atoms with Gasteiger partial charge in [-0.15, -0.1) is 0 Å². The smallest absolute Gasteiger partial charge is 0.282 e. The van der Waals surface area contributed by atoms with Gasteiger partial charge in [-0.05, 0) is 11.5 Å². The number of hydrogen-bond donors (Lipinski definition) is 1. The molecule has 0 aromatic heterocycles. The molecule has 0 aliphatic rings. The summed E-state index contributed by atoms with van der Waals surface area (Å²) in [5, 5.41) is 10.2. The number of fused-ring (bicyclic) bond motifs is 1. The fourth-order valence-electron chi connectivity index (χ4n) is 1.98. The molecule has 0 spiro atoms. The van der Waals surface area contributed by atoms with Crippen LogP contribution in [0.5, 0.6) is 0 Å². The Hall–Kier alpha value is -2.20. The Morgan fingerprint density at radius 3 is 2.24 bits per heavy atom. The molecule has 0 aliphatic carbocycles. The number of halogens is 3. The minimum atomic E-state index is -5.19. The Bertz CT molecular complexity index is 845. The molecule has 0 radical (unpaired) electrons. The lowest BCUT2D eigenvalue weighted by Gasteiger charge is -2.13. The lowest BCUT2D eigenvalue weighted by Crippen LogP contribution is -2.14. The second-order valence-electron chi connectivity index (χ2n) is 4.05. The van der Waals surface area contributed by atoms with E-state index in [-0.39, 0.29) is 5.39 Å². The van der Waals surface area contributed by atoms with Crippen LogP contribution in [0, 0.1) is 10.1 Å². The first kappa shape index (κ1) is 15.2. The van der Waals surface area contributed by atoms with Crippen LogP contribution < -0.4 is 0 Å². The number of benzene rings is 2. The summed E-state index contributed by atoms with van der Waals surface area (Å²) in [6.07, 6.45) is -5.16. The van der Waals surface area contributed by atoms with Crippen molar-refractivity contribution in [1.82, 2.24) is 0 Å². The molecule has 0 aliphatic heterocycles. The highest BCUT2D eigenvalue weighted by Crippen LogP contribution is 2.44. The van der Waals surface area contributed by atoms with Gasteiger partial charge in [0.25, 0.3) is 0 Å². The van der Waals surface area contributed by atoms with E-state index in [2.05, 4.69) is 0 Å². The molecule has 0 unspecified atom stereocenters. The van der Waals surface area contributed by atoms with Gasteiger partial charge in [0.1, 0.15) is 5.56 Å². The predicted molar refractivity (Wildman–Crippen MR) is 65.4 cm³/mol. The van der Waals surface area contributed by atoms with Gasteiger partial charge in [0.2, 0.25) is 0 Å². The lowest BCUT2D eigenvalue weighted by atomic mass is 10.0. The number of nitrogens with zero attached hydrogens (tertiary/aromatic N) is 1. The second-order valence-corrected chi connectivity index (χ2v) is 5.44. The van der Waals surface area contributed by atoms with Gasteiger partial charge < -0.3 is 0 Å². The zero-order valence-electron chi connectivity index (χ0n) is 9.96. The molecule has 10 heteroatoms. The largest absolute Gasteiger partial charge is 0.423 e. The quantitative estimate of drug-likeness (QED) is 0.521. The molecule has 0 saturated carbocycles. The monoisotopic (exact) mass is 321 g/mol. The average Bonchev–Trinajstić information content (AvgIpc) is 2.33. The normalized spacial score (nSPS) is 12.6. The summed E-state index contributed by atoms with van der Waals surface area (Å²) in [7, 11) is -5.19. The summed E-state index contributed by atoms with van der Waals surface area (Å²) < 4.78 is 70.7. The number of rotatable bonds is 2. The molecule has 112 valence electrons. The van der Waals surface area contributed by atoms with Crippen molar-refractivity contribution in [3.63, 3.8) is 0 Å². The first-order valence-corrected chi connectivity index (χ1v) is 6.72. The van der Waals surface area contributed by atoms with Crippen molar-refractivity contribution in [3.8, 4) is 0 Å². The Kier molecular flexibility index (Phi) is 3.38. The molecule has 2 rings (SSSR count). The second kappa shape index (κ2) is 4.67. The zero-order chi connectivity index (χ0) is 16.0. The molecule has 0 fully saturated rings. The maximum atomic E-state index is 13.1. The summed E-state index contributed by atoms with van der Waals surface area (Å²) >= 11 is 0. The third-order valence-electron chi connectivity index (χ3n) is 2.73. The zero-order valence-corrected chi connectivity index (χ0v) is 10.8. The third-order valence-corrected chi connectivity index (χ3v) is 3.60. The van der Waals surface area contributed by atoms with Crippen LogP contribution in [0.15, 0.2) is 35.2 Å². The fraction of sp³-hybridized carbons (Fsp3) is 0.0909. The predicted octanol–water partition coefficient (Wildman–Crippen LogP) is 3.01. The SMILES string of the molecule is O=[N+]([O-])c1c(S(=O)(=O)O)cc2ccccc2c1C(F)(F)F. The topological polar surface area (TPSA) is 97.5 Å². The Labute approximate surface area is 115 Å². The summed E-state index contributed by atoms with van der Waals surface area (Å²) in [5.74, 6) is 0. The van der Waals surface area contributed by atoms with E-state index < -0.39 is 42.8 Å². The maximum Gasteiger partial charge on any atom is 0.423 e. The van der Waals surface area contributed by atoms with Gasteiger partial charge >= 0.3 is 22.0 Å². The van der Waals surface area contributed by atoms with Crippen molar-refractivity contribution in [2.24, 2.45) is 0 Å². The minimum absolute atomic E-state index is 0.192. The van der Waals surface area contributed by atoms with E-state index in [9.17, 15) is 31.7 Å². The van der Waals surface area contributed by atoms with Crippen LogP contribution >= 0.6 is 0 Å². The molecule has 0 saturated heterocycles. The molecule has 0 atom stereocenters. The van der Waals surface area contributed by atoms with Gasteiger partial charge in [0, 0.05) is 5.39 Å². The first-order valence-electron chi connectivity index (χ1n) is 5.28. The van der Waals surface area contributed by atoms with E-state index in [0.29, 0.717) is 6.07 Å². The van der Waals surface area contributed by atoms with Crippen LogP contribution in [0.3, 0.4) is 0 Å². The van der Waals surface area contributed by atoms with Crippen LogP contribution in [-0.2, 0) is 16.3 Å². The number of hydrogen-bond acceptors (Lipinski definition) is 4. The summed E-state index contributed by atoms with van der Waals surface area (Å²) in [4.78, 5) is 8.05. The highest BCUT2D eigenvalue weighted by molar-refractivity contribution is 7.86. The minimum Gasteiger partial charge on any atom is -0.282 e. The van der Waals surface area contributed by atoms with Crippen molar-refractivity contribution in [1.29, 1.82) is 0 Å². The van der Waals surface area contributed by atoms with E-state index in [4.69, 9.17) is 4.55 Å². The van der Waals surface area contributed by atoms with Crippen molar-refractivity contribution in [2.45, 2.75) is 11.1 Å². The molecule has 6 nitrogen and oxygen atoms in total. The van der Waals surface area contributed by atoms with E-state index in [0.717, 1.165) is 12.1 Å². The van der Waals surface area contributed by atoms with Crippen LogP contribution in [0.2, 0.25) is 0 Å². The third kappa shape index (κ3) is 2.67. The van der Waals surface area contributed by atoms with Crippen molar-refractivity contribution < 1.29 is 31.1 Å². The Balaban J connectivity index is 3.14. The Morgan fingerprint density at radius 2 is 1.76 bits per heavy atom. The maximum absolute atomic E-state index is 13.1. The molecule has 0 heterocycles. The van der Waals surface area contributed by atoms with Crippen molar-refractivity contribution >= 4 is 26.6 Å². The van der Waals surface area contributed by atoms with E-state index >= 15 is 0 Å². The molecule has 0 bridgehead atoms. The van der Waals surface area contributed by atoms with Crippen LogP contribution in [0.4, 0.5) is 18.9 Å². The molecule has 0 amide bonds. The number of nitro benzene ring substituents is 1. The highest BCUT2D eigenvalue weighted by atomic mass is 32.2. The van der Waals surface area contributed by atoms with Gasteiger partial charge in [0.15, 0.2) is 4.90 Å². The van der Waals surface area contributed by atoms with E-state index in [1.807, 2.05) is 0 Å². The van der Waals surface area contributed by atoms with Gasteiger partial charge in [-0.2, -0.15) is 21.6 Å². The van der Waals surface area contributed by atoms with Gasteiger partial charge in [0.05, 0.1) is 4.92 Å². The van der Waals surface area contributed by atoms with Crippen LogP contribution in [0.25, 0.3) is 10.8 Å². The van der Waals surface area contributed by atoms with E-state index in [1.54, 1.807) is 0 Å². The lowest BCUT2D eigenvalue weighted by molar-refractivity contribution is -0.390. The molecular weight excluding hydrogens is 315 g/mol. The molecular formula is C11H6F3NO5S. The van der Waals surface area contributed by atoms with Crippen LogP contribution in [0.1, 0.15) is 5.56 Å². The Morgan fingerprint density at radius 1 is 1.19 bits per heavy atom. The summed E-state index contributed by atoms with van der Waals surface area (Å²) in [5.41, 5.74) is -3.40. The molecule has 21 heavy (non-hydrogen) atoms. The first-order chi connectivity index (χ1) is 9.53. The highest BCUT2D eigenvalue weighted by Gasteiger charge is 2.44. The van der Waals surface area contributed by atoms with Gasteiger partial charge in [-0.25, -0.2) is 0 Å². The number of nitro groups is 1. The van der Waals surface area contributed by atoms with Gasteiger partial charge in [-0.3, -0.25) is 14.7 Å². The fourth-order valence-corrected chi connectivity index (χ4v) is 2.67.